The highest BCUT2D eigenvalue weighted by Gasteiger charge is 2.41. The Morgan fingerprint density at radius 3 is 2.24 bits per heavy atom. The van der Waals surface area contributed by atoms with Crippen molar-refractivity contribution in [1.82, 2.24) is 14.7 Å². The molecule has 0 aliphatic carbocycles. The first-order chi connectivity index (χ1) is 17.3. The van der Waals surface area contributed by atoms with Crippen LogP contribution in [-0.2, 0) is 6.18 Å². The Bertz CT molecular complexity index is 1130. The van der Waals surface area contributed by atoms with Gasteiger partial charge in [-0.3, -0.25) is 14.6 Å². The number of piperazine rings is 1. The van der Waals surface area contributed by atoms with Crippen LogP contribution in [0, 0.1) is 19.1 Å². The van der Waals surface area contributed by atoms with Crippen molar-refractivity contribution < 1.29 is 22.7 Å². The summed E-state index contributed by atoms with van der Waals surface area (Å²) in [5.74, 6) is -0.0780. The molecule has 1 aromatic heterocycles. The van der Waals surface area contributed by atoms with Gasteiger partial charge in [0.25, 0.3) is 5.91 Å². The Hall–Kier alpha value is -2.36. The summed E-state index contributed by atoms with van der Waals surface area (Å²) in [6, 6.07) is 7.46. The Morgan fingerprint density at radius 2 is 1.68 bits per heavy atom. The number of alkyl halides is 3. The lowest BCUT2D eigenvalue weighted by atomic mass is 9.86. The number of benzene rings is 1. The molecule has 2 aromatic rings. The minimum atomic E-state index is -4.33. The number of carbonyl (C=O) groups excluding carboxylic acids is 1. The Labute approximate surface area is 229 Å². The van der Waals surface area contributed by atoms with Gasteiger partial charge in [0.2, 0.25) is 5.69 Å². The summed E-state index contributed by atoms with van der Waals surface area (Å²) in [7, 11) is 0. The monoisotopic (exact) mass is 554 g/mol. The Morgan fingerprint density at radius 1 is 1.08 bits per heavy atom. The lowest BCUT2D eigenvalue weighted by molar-refractivity contribution is -0.612. The standard InChI is InChI=1S/C28H37F3N4O2.ClH/c1-19-10-13-35(37)22(4)25(19)26(36)32-14-11-27(5,12-15-32)33-16-17-34(20(2)18-33)21(3)23-6-8-24(9-7-23)28(29,30)31;/h6-10,13,20-21H,11-12,14-18H2,1-5H3;1H/t20-,21-;/m0./s1. The highest BCUT2D eigenvalue weighted by molar-refractivity contribution is 5.96. The molecule has 2 aliphatic heterocycles. The summed E-state index contributed by atoms with van der Waals surface area (Å²) < 4.78 is 39.6. The van der Waals surface area contributed by atoms with E-state index in [4.69, 9.17) is 0 Å². The van der Waals surface area contributed by atoms with Crippen molar-refractivity contribution in [3.05, 3.63) is 69.7 Å². The zero-order chi connectivity index (χ0) is 27.1. The van der Waals surface area contributed by atoms with E-state index < -0.39 is 11.7 Å². The van der Waals surface area contributed by atoms with Crippen molar-refractivity contribution in [2.45, 2.75) is 71.3 Å². The van der Waals surface area contributed by atoms with Gasteiger partial charge in [0.05, 0.1) is 5.56 Å². The number of likely N-dealkylation sites (tertiary alicyclic amines) is 1. The van der Waals surface area contributed by atoms with E-state index in [0.717, 1.165) is 60.5 Å². The molecule has 2 saturated heterocycles. The predicted molar refractivity (Wildman–Crippen MR) is 143 cm³/mol. The molecule has 2 aliphatic rings. The fourth-order valence-corrected chi connectivity index (χ4v) is 5.94. The van der Waals surface area contributed by atoms with Crippen LogP contribution in [0.1, 0.15) is 72.4 Å². The number of pyridine rings is 1. The lowest BCUT2D eigenvalue weighted by Crippen LogP contribution is -2.62. The molecule has 1 aromatic carbocycles. The van der Waals surface area contributed by atoms with Gasteiger partial charge in [0.15, 0.2) is 6.20 Å². The third kappa shape index (κ3) is 5.95. The Kier molecular flexibility index (Phi) is 9.06. The maximum atomic E-state index is 13.3. The normalized spacial score (nSPS) is 21.6. The molecule has 0 unspecified atom stereocenters. The van der Waals surface area contributed by atoms with Crippen LogP contribution in [0.25, 0.3) is 0 Å². The number of hydrogen-bond acceptors (Lipinski definition) is 4. The van der Waals surface area contributed by atoms with Crippen molar-refractivity contribution in [3.8, 4) is 0 Å². The minimum absolute atomic E-state index is 0. The predicted octanol–water partition coefficient (Wildman–Crippen LogP) is 5.14. The second-order valence-corrected chi connectivity index (χ2v) is 10.9. The summed E-state index contributed by atoms with van der Waals surface area (Å²) in [4.78, 5) is 20.0. The van der Waals surface area contributed by atoms with E-state index in [0.29, 0.717) is 24.3 Å². The van der Waals surface area contributed by atoms with E-state index in [1.54, 1.807) is 25.1 Å². The third-order valence-electron chi connectivity index (χ3n) is 8.55. The summed E-state index contributed by atoms with van der Waals surface area (Å²) in [5.41, 5.74) is 1.98. The first-order valence-corrected chi connectivity index (χ1v) is 13.0. The largest absolute Gasteiger partial charge is 0.618 e. The molecule has 4 rings (SSSR count). The number of carbonyl (C=O) groups is 1. The summed E-state index contributed by atoms with van der Waals surface area (Å²) in [6.45, 7) is 13.9. The second kappa shape index (κ2) is 11.4. The first kappa shape index (κ1) is 30.2. The van der Waals surface area contributed by atoms with Crippen molar-refractivity contribution >= 4 is 18.3 Å². The van der Waals surface area contributed by atoms with Crippen LogP contribution in [-0.4, -0.2) is 64.9 Å². The van der Waals surface area contributed by atoms with Gasteiger partial charge in [-0.05, 0) is 63.8 Å². The van der Waals surface area contributed by atoms with Crippen molar-refractivity contribution in [1.29, 1.82) is 0 Å². The fraction of sp³-hybridized carbons (Fsp3) is 0.571. The quantitative estimate of drug-likeness (QED) is 0.388. The van der Waals surface area contributed by atoms with E-state index in [2.05, 4.69) is 30.6 Å². The van der Waals surface area contributed by atoms with Crippen molar-refractivity contribution in [3.63, 3.8) is 0 Å². The summed E-state index contributed by atoms with van der Waals surface area (Å²) >= 11 is 0. The van der Waals surface area contributed by atoms with Crippen LogP contribution in [0.4, 0.5) is 13.2 Å². The molecule has 3 heterocycles. The fourth-order valence-electron chi connectivity index (χ4n) is 5.94. The molecule has 1 amide bonds. The number of hydrogen-bond donors (Lipinski definition) is 0. The maximum absolute atomic E-state index is 13.3. The van der Waals surface area contributed by atoms with Crippen LogP contribution in [0.15, 0.2) is 36.5 Å². The molecule has 38 heavy (non-hydrogen) atoms. The van der Waals surface area contributed by atoms with Gasteiger partial charge in [-0.25, -0.2) is 0 Å². The maximum Gasteiger partial charge on any atom is 0.416 e. The molecular formula is C28H38ClF3N4O2. The number of halogens is 4. The Balaban J connectivity index is 0.00000400. The molecule has 210 valence electrons. The number of nitrogens with zero attached hydrogens (tertiary/aromatic N) is 4. The zero-order valence-corrected chi connectivity index (χ0v) is 23.5. The zero-order valence-electron chi connectivity index (χ0n) is 22.7. The molecule has 0 spiro atoms. The van der Waals surface area contributed by atoms with Crippen molar-refractivity contribution in [2.24, 2.45) is 0 Å². The van der Waals surface area contributed by atoms with E-state index in [1.807, 2.05) is 11.8 Å². The molecule has 2 fully saturated rings. The van der Waals surface area contributed by atoms with Gasteiger partial charge in [0.1, 0.15) is 5.56 Å². The molecule has 0 saturated carbocycles. The van der Waals surface area contributed by atoms with Gasteiger partial charge < -0.3 is 10.1 Å². The SMILES string of the molecule is Cc1cc[n+]([O-])c(C)c1C(=O)N1CCC(C)(N2CCN([C@@H](C)c3ccc(C(F)(F)F)cc3)[C@@H](C)C2)CC1.Cl. The van der Waals surface area contributed by atoms with Gasteiger partial charge in [-0.2, -0.15) is 17.9 Å². The van der Waals surface area contributed by atoms with Crippen LogP contribution >= 0.6 is 12.4 Å². The van der Waals surface area contributed by atoms with E-state index >= 15 is 0 Å². The number of aromatic nitrogens is 1. The van der Waals surface area contributed by atoms with Gasteiger partial charge in [-0.1, -0.05) is 12.1 Å². The molecule has 6 nitrogen and oxygen atoms in total. The number of amides is 1. The highest BCUT2D eigenvalue weighted by Crippen LogP contribution is 2.35. The van der Waals surface area contributed by atoms with Crippen LogP contribution < -0.4 is 4.73 Å². The van der Waals surface area contributed by atoms with Crippen LogP contribution in [0.3, 0.4) is 0 Å². The molecule has 2 atom stereocenters. The second-order valence-electron chi connectivity index (χ2n) is 10.9. The van der Waals surface area contributed by atoms with Crippen LogP contribution in [0.5, 0.6) is 0 Å². The number of aryl methyl sites for hydroxylation is 1. The van der Waals surface area contributed by atoms with E-state index in [-0.39, 0.29) is 35.9 Å². The molecule has 10 heteroatoms. The molecular weight excluding hydrogens is 517 g/mol. The van der Waals surface area contributed by atoms with Gasteiger partial charge in [0, 0.05) is 63.3 Å². The van der Waals surface area contributed by atoms with Crippen molar-refractivity contribution in [2.75, 3.05) is 32.7 Å². The number of rotatable bonds is 4. The van der Waals surface area contributed by atoms with Gasteiger partial charge in [-0.15, -0.1) is 12.4 Å². The van der Waals surface area contributed by atoms with Crippen LogP contribution in [0.2, 0.25) is 0 Å². The van der Waals surface area contributed by atoms with E-state index in [1.165, 1.54) is 6.20 Å². The molecule has 0 radical (unpaired) electrons. The molecule has 0 N–H and O–H groups in total. The first-order valence-electron chi connectivity index (χ1n) is 13.0. The summed E-state index contributed by atoms with van der Waals surface area (Å²) in [5, 5.41) is 12.0. The third-order valence-corrected chi connectivity index (χ3v) is 8.55. The highest BCUT2D eigenvalue weighted by atomic mass is 35.5. The minimum Gasteiger partial charge on any atom is -0.618 e. The number of piperidine rings is 1. The summed E-state index contributed by atoms with van der Waals surface area (Å²) in [6.07, 6.45) is -1.19. The topological polar surface area (TPSA) is 53.7 Å². The smallest absolute Gasteiger partial charge is 0.416 e. The molecule has 0 bridgehead atoms. The van der Waals surface area contributed by atoms with E-state index in [9.17, 15) is 23.2 Å². The van der Waals surface area contributed by atoms with Gasteiger partial charge >= 0.3 is 6.18 Å². The lowest BCUT2D eigenvalue weighted by Gasteiger charge is -2.52. The average Bonchev–Trinajstić information content (AvgIpc) is 2.86. The average molecular weight is 555 g/mol.